The minimum Gasteiger partial charge on any atom is -0.484 e. The lowest BCUT2D eigenvalue weighted by molar-refractivity contribution is -0.123. The van der Waals surface area contributed by atoms with E-state index in [1.807, 2.05) is 13.8 Å². The zero-order valence-corrected chi connectivity index (χ0v) is 18.1. The predicted octanol–water partition coefficient (Wildman–Crippen LogP) is 3.12. The maximum absolute atomic E-state index is 12.2. The standard InChI is InChI=1S/C21H28N2O4S/c1-14-11-16(3)20(12-15(14)2)17(4)22-21(24)13-27-18-7-9-19(10-8-18)28(25,26)23(5)6/h7-12,17H,13H2,1-6H3,(H,22,24). The summed E-state index contributed by atoms with van der Waals surface area (Å²) in [4.78, 5) is 12.4. The van der Waals surface area contributed by atoms with Crippen LogP contribution in [-0.4, -0.2) is 39.3 Å². The number of hydrogen-bond donors (Lipinski definition) is 1. The smallest absolute Gasteiger partial charge is 0.258 e. The number of nitrogens with one attached hydrogen (secondary N) is 1. The Morgan fingerprint density at radius 2 is 1.61 bits per heavy atom. The number of benzene rings is 2. The molecule has 2 aromatic rings. The summed E-state index contributed by atoms with van der Waals surface area (Å²) < 4.78 is 30.7. The maximum Gasteiger partial charge on any atom is 0.258 e. The molecule has 0 aromatic heterocycles. The van der Waals surface area contributed by atoms with Gasteiger partial charge in [-0.1, -0.05) is 12.1 Å². The van der Waals surface area contributed by atoms with Gasteiger partial charge in [-0.2, -0.15) is 0 Å². The monoisotopic (exact) mass is 404 g/mol. The topological polar surface area (TPSA) is 75.7 Å². The van der Waals surface area contributed by atoms with Gasteiger partial charge in [-0.25, -0.2) is 12.7 Å². The number of hydrogen-bond acceptors (Lipinski definition) is 4. The van der Waals surface area contributed by atoms with Crippen molar-refractivity contribution in [1.82, 2.24) is 9.62 Å². The number of rotatable bonds is 7. The third kappa shape index (κ3) is 5.11. The number of aryl methyl sites for hydroxylation is 3. The van der Waals surface area contributed by atoms with Crippen molar-refractivity contribution in [2.45, 2.75) is 38.6 Å². The van der Waals surface area contributed by atoms with E-state index >= 15 is 0 Å². The lowest BCUT2D eigenvalue weighted by Gasteiger charge is -2.18. The third-order valence-corrected chi connectivity index (χ3v) is 6.53. The summed E-state index contributed by atoms with van der Waals surface area (Å²) in [5, 5.41) is 2.94. The fourth-order valence-corrected chi connectivity index (χ4v) is 3.78. The van der Waals surface area contributed by atoms with Crippen molar-refractivity contribution < 1.29 is 17.9 Å². The molecule has 28 heavy (non-hydrogen) atoms. The highest BCUT2D eigenvalue weighted by Crippen LogP contribution is 2.22. The Kier molecular flexibility index (Phi) is 6.85. The van der Waals surface area contributed by atoms with E-state index in [2.05, 4.69) is 31.3 Å². The molecule has 0 spiro atoms. The molecule has 0 saturated carbocycles. The minimum atomic E-state index is -3.48. The SMILES string of the molecule is Cc1cc(C)c(C(C)NC(=O)COc2ccc(S(=O)(=O)N(C)C)cc2)cc1C. The van der Waals surface area contributed by atoms with Crippen molar-refractivity contribution >= 4 is 15.9 Å². The fourth-order valence-electron chi connectivity index (χ4n) is 2.88. The molecule has 2 aromatic carbocycles. The Labute approximate surface area is 167 Å². The summed E-state index contributed by atoms with van der Waals surface area (Å²) in [5.41, 5.74) is 4.62. The van der Waals surface area contributed by atoms with E-state index in [1.165, 1.54) is 37.4 Å². The summed E-state index contributed by atoms with van der Waals surface area (Å²) in [5.74, 6) is 0.193. The van der Waals surface area contributed by atoms with Gasteiger partial charge in [0.05, 0.1) is 10.9 Å². The summed E-state index contributed by atoms with van der Waals surface area (Å²) in [6, 6.07) is 10.1. The number of ether oxygens (including phenoxy) is 1. The summed E-state index contributed by atoms with van der Waals surface area (Å²) in [7, 11) is -0.534. The number of carbonyl (C=O) groups excluding carboxylic acids is 1. The van der Waals surface area contributed by atoms with Crippen molar-refractivity contribution in [2.24, 2.45) is 0 Å². The van der Waals surface area contributed by atoms with Crippen LogP contribution in [0.25, 0.3) is 0 Å². The molecule has 0 aliphatic carbocycles. The number of nitrogens with zero attached hydrogens (tertiary/aromatic N) is 1. The Balaban J connectivity index is 1.96. The number of amides is 1. The van der Waals surface area contributed by atoms with Gasteiger partial charge in [0.15, 0.2) is 6.61 Å². The van der Waals surface area contributed by atoms with Crippen molar-refractivity contribution in [1.29, 1.82) is 0 Å². The first-order valence-electron chi connectivity index (χ1n) is 9.05. The van der Waals surface area contributed by atoms with Gasteiger partial charge < -0.3 is 10.1 Å². The molecule has 0 saturated heterocycles. The van der Waals surface area contributed by atoms with Crippen LogP contribution in [0.1, 0.15) is 35.2 Å². The van der Waals surface area contributed by atoms with Gasteiger partial charge in [-0.3, -0.25) is 4.79 Å². The molecule has 152 valence electrons. The van der Waals surface area contributed by atoms with Gasteiger partial charge >= 0.3 is 0 Å². The van der Waals surface area contributed by atoms with E-state index in [4.69, 9.17) is 4.74 Å². The number of sulfonamides is 1. The van der Waals surface area contributed by atoms with E-state index in [-0.39, 0.29) is 23.5 Å². The van der Waals surface area contributed by atoms with E-state index in [0.29, 0.717) is 5.75 Å². The van der Waals surface area contributed by atoms with Crippen LogP contribution in [0.2, 0.25) is 0 Å². The predicted molar refractivity (Wildman–Crippen MR) is 110 cm³/mol. The molecular weight excluding hydrogens is 376 g/mol. The van der Waals surface area contributed by atoms with Crippen LogP contribution in [0.3, 0.4) is 0 Å². The Bertz CT molecular complexity index is 951. The molecule has 0 bridgehead atoms. The largest absolute Gasteiger partial charge is 0.484 e. The van der Waals surface area contributed by atoms with E-state index in [9.17, 15) is 13.2 Å². The first-order chi connectivity index (χ1) is 13.0. The average molecular weight is 405 g/mol. The molecule has 1 unspecified atom stereocenters. The first kappa shape index (κ1) is 21.9. The fraction of sp³-hybridized carbons (Fsp3) is 0.381. The van der Waals surface area contributed by atoms with Crippen LogP contribution < -0.4 is 10.1 Å². The van der Waals surface area contributed by atoms with E-state index in [0.717, 1.165) is 15.4 Å². The van der Waals surface area contributed by atoms with Crippen molar-refractivity contribution in [3.05, 3.63) is 58.7 Å². The van der Waals surface area contributed by atoms with Crippen LogP contribution in [0.4, 0.5) is 0 Å². The average Bonchev–Trinajstić information content (AvgIpc) is 2.63. The normalized spacial score (nSPS) is 12.7. The summed E-state index contributed by atoms with van der Waals surface area (Å²) in [6.45, 7) is 7.95. The lowest BCUT2D eigenvalue weighted by atomic mass is 9.96. The minimum absolute atomic E-state index is 0.136. The molecule has 2 rings (SSSR count). The lowest BCUT2D eigenvalue weighted by Crippen LogP contribution is -2.31. The molecule has 0 fully saturated rings. The summed E-state index contributed by atoms with van der Waals surface area (Å²) in [6.07, 6.45) is 0. The van der Waals surface area contributed by atoms with Crippen LogP contribution in [-0.2, 0) is 14.8 Å². The van der Waals surface area contributed by atoms with Gasteiger partial charge in [0.25, 0.3) is 5.91 Å². The van der Waals surface area contributed by atoms with Gasteiger partial charge in [-0.15, -0.1) is 0 Å². The van der Waals surface area contributed by atoms with E-state index < -0.39 is 10.0 Å². The van der Waals surface area contributed by atoms with Crippen LogP contribution in [0.15, 0.2) is 41.3 Å². The van der Waals surface area contributed by atoms with Crippen LogP contribution in [0, 0.1) is 20.8 Å². The van der Waals surface area contributed by atoms with Gasteiger partial charge in [-0.05, 0) is 74.2 Å². The maximum atomic E-state index is 12.2. The third-order valence-electron chi connectivity index (χ3n) is 4.70. The molecule has 0 radical (unpaired) electrons. The highest BCUT2D eigenvalue weighted by Gasteiger charge is 2.17. The molecule has 1 N–H and O–H groups in total. The Morgan fingerprint density at radius 1 is 1.04 bits per heavy atom. The zero-order chi connectivity index (χ0) is 21.1. The molecule has 0 aliphatic heterocycles. The van der Waals surface area contributed by atoms with Gasteiger partial charge in [0.1, 0.15) is 5.75 Å². The second-order valence-corrected chi connectivity index (χ2v) is 9.28. The van der Waals surface area contributed by atoms with Crippen LogP contribution >= 0.6 is 0 Å². The zero-order valence-electron chi connectivity index (χ0n) is 17.2. The molecule has 0 heterocycles. The highest BCUT2D eigenvalue weighted by molar-refractivity contribution is 7.89. The van der Waals surface area contributed by atoms with Gasteiger partial charge in [0, 0.05) is 14.1 Å². The first-order valence-corrected chi connectivity index (χ1v) is 10.5. The highest BCUT2D eigenvalue weighted by atomic mass is 32.2. The number of carbonyl (C=O) groups is 1. The molecular formula is C21H28N2O4S. The second-order valence-electron chi connectivity index (χ2n) is 7.13. The molecule has 0 aliphatic rings. The molecule has 1 amide bonds. The van der Waals surface area contributed by atoms with Gasteiger partial charge in [0.2, 0.25) is 10.0 Å². The summed E-state index contributed by atoms with van der Waals surface area (Å²) >= 11 is 0. The van der Waals surface area contributed by atoms with Crippen molar-refractivity contribution in [3.8, 4) is 5.75 Å². The van der Waals surface area contributed by atoms with Crippen LogP contribution in [0.5, 0.6) is 5.75 Å². The second kappa shape index (κ2) is 8.75. The molecule has 1 atom stereocenters. The Hall–Kier alpha value is -2.38. The van der Waals surface area contributed by atoms with Crippen molar-refractivity contribution in [2.75, 3.05) is 20.7 Å². The van der Waals surface area contributed by atoms with E-state index in [1.54, 1.807) is 12.1 Å². The molecule has 7 heteroatoms. The van der Waals surface area contributed by atoms with Crippen molar-refractivity contribution in [3.63, 3.8) is 0 Å². The quantitative estimate of drug-likeness (QED) is 0.769. The Morgan fingerprint density at radius 3 is 2.18 bits per heavy atom. The molecule has 6 nitrogen and oxygen atoms in total.